The Morgan fingerprint density at radius 1 is 1.07 bits per heavy atom. The Bertz CT molecular complexity index is 832. The van der Waals surface area contributed by atoms with E-state index in [9.17, 15) is 14.0 Å². The van der Waals surface area contributed by atoms with Gasteiger partial charge in [-0.05, 0) is 63.4 Å². The fraction of sp³-hybridized carbons (Fsp3) is 0.500. The number of hydrogen-bond acceptors (Lipinski definition) is 4. The van der Waals surface area contributed by atoms with Gasteiger partial charge in [-0.3, -0.25) is 4.79 Å². The number of Topliss-reactive ketones (excluding diaryl/α,β-unsaturated/α-hetero) is 1. The predicted octanol–water partition coefficient (Wildman–Crippen LogP) is 6.01. The second kappa shape index (κ2) is 10.4. The molecule has 6 heteroatoms. The molecule has 0 radical (unpaired) electrons. The maximum Gasteiger partial charge on any atom is 0.410 e. The number of furan rings is 1. The number of hydrogen-bond donors (Lipinski definition) is 0. The Balaban J connectivity index is 2.01. The van der Waals surface area contributed by atoms with Gasteiger partial charge < -0.3 is 14.1 Å². The van der Waals surface area contributed by atoms with Crippen molar-refractivity contribution in [2.24, 2.45) is 0 Å². The molecule has 1 aromatic heterocycles. The molecule has 0 fully saturated rings. The molecule has 1 amide bonds. The van der Waals surface area contributed by atoms with Gasteiger partial charge in [0.15, 0.2) is 11.5 Å². The molecule has 0 bridgehead atoms. The van der Waals surface area contributed by atoms with E-state index in [1.165, 1.54) is 12.1 Å². The van der Waals surface area contributed by atoms with Crippen molar-refractivity contribution in [3.8, 4) is 0 Å². The quantitative estimate of drug-likeness (QED) is 0.469. The second-order valence-corrected chi connectivity index (χ2v) is 8.39. The van der Waals surface area contributed by atoms with Crippen molar-refractivity contribution in [1.82, 2.24) is 4.90 Å². The largest absolute Gasteiger partial charge is 0.458 e. The zero-order valence-corrected chi connectivity index (χ0v) is 18.5. The van der Waals surface area contributed by atoms with E-state index in [-0.39, 0.29) is 36.4 Å². The van der Waals surface area contributed by atoms with Crippen LogP contribution in [0.1, 0.15) is 75.8 Å². The molecule has 0 unspecified atom stereocenters. The van der Waals surface area contributed by atoms with Crippen LogP contribution >= 0.6 is 0 Å². The first-order valence-corrected chi connectivity index (χ1v) is 10.5. The third-order valence-corrected chi connectivity index (χ3v) is 4.82. The number of halogens is 1. The second-order valence-electron chi connectivity index (χ2n) is 8.39. The van der Waals surface area contributed by atoms with Crippen LogP contribution in [0.5, 0.6) is 0 Å². The minimum atomic E-state index is -0.596. The topological polar surface area (TPSA) is 59.8 Å². The zero-order chi connectivity index (χ0) is 22.3. The summed E-state index contributed by atoms with van der Waals surface area (Å²) in [6.45, 7) is 9.78. The van der Waals surface area contributed by atoms with Gasteiger partial charge in [0, 0.05) is 25.4 Å². The Morgan fingerprint density at radius 3 is 2.27 bits per heavy atom. The van der Waals surface area contributed by atoms with E-state index in [1.54, 1.807) is 29.2 Å². The van der Waals surface area contributed by atoms with Gasteiger partial charge in [0.05, 0.1) is 0 Å². The lowest BCUT2D eigenvalue weighted by Crippen LogP contribution is -2.44. The van der Waals surface area contributed by atoms with Gasteiger partial charge in [-0.1, -0.05) is 26.0 Å². The van der Waals surface area contributed by atoms with Crippen LogP contribution < -0.4 is 0 Å². The summed E-state index contributed by atoms with van der Waals surface area (Å²) < 4.78 is 24.3. The SMILES string of the molecule is CCC(CC)N(CCC(=O)c1ccc(Cc2ccc(F)cc2)o1)C(=O)OC(C)(C)C. The van der Waals surface area contributed by atoms with E-state index < -0.39 is 11.7 Å². The van der Waals surface area contributed by atoms with E-state index in [0.29, 0.717) is 12.2 Å². The molecule has 0 aliphatic rings. The summed E-state index contributed by atoms with van der Waals surface area (Å²) in [5, 5.41) is 0. The van der Waals surface area contributed by atoms with Crippen LogP contribution in [0.2, 0.25) is 0 Å². The number of amides is 1. The highest BCUT2D eigenvalue weighted by Crippen LogP contribution is 2.19. The van der Waals surface area contributed by atoms with Crippen LogP contribution in [0, 0.1) is 5.82 Å². The molecular weight excluding hydrogens is 385 g/mol. The van der Waals surface area contributed by atoms with Crippen LogP contribution in [0.25, 0.3) is 0 Å². The molecule has 1 aromatic carbocycles. The number of ketones is 1. The molecule has 2 aromatic rings. The molecule has 0 N–H and O–H groups in total. The maximum atomic E-state index is 13.0. The smallest absolute Gasteiger partial charge is 0.410 e. The van der Waals surface area contributed by atoms with E-state index in [4.69, 9.17) is 9.15 Å². The maximum absolute atomic E-state index is 13.0. The average Bonchev–Trinajstić information content (AvgIpc) is 3.14. The molecule has 5 nitrogen and oxygen atoms in total. The lowest BCUT2D eigenvalue weighted by atomic mass is 10.1. The van der Waals surface area contributed by atoms with Crippen molar-refractivity contribution in [2.45, 2.75) is 71.9 Å². The highest BCUT2D eigenvalue weighted by Gasteiger charge is 2.27. The van der Waals surface area contributed by atoms with Gasteiger partial charge in [-0.2, -0.15) is 0 Å². The van der Waals surface area contributed by atoms with Crippen LogP contribution in [-0.2, 0) is 11.2 Å². The fourth-order valence-electron chi connectivity index (χ4n) is 3.24. The van der Waals surface area contributed by atoms with Crippen LogP contribution in [0.15, 0.2) is 40.8 Å². The standard InChI is InChI=1S/C24H32FNO4/c1-6-19(7-2)26(23(28)30-24(3,4)5)15-14-21(27)22-13-12-20(29-22)16-17-8-10-18(25)11-9-17/h8-13,19H,6-7,14-16H2,1-5H3. The molecule has 0 atom stereocenters. The normalized spacial score (nSPS) is 11.6. The fourth-order valence-corrected chi connectivity index (χ4v) is 3.24. The summed E-state index contributed by atoms with van der Waals surface area (Å²) in [7, 11) is 0. The molecule has 1 heterocycles. The molecule has 0 saturated carbocycles. The summed E-state index contributed by atoms with van der Waals surface area (Å²) in [6, 6.07) is 9.58. The molecule has 164 valence electrons. The van der Waals surface area contributed by atoms with Gasteiger partial charge in [-0.25, -0.2) is 9.18 Å². The predicted molar refractivity (Wildman–Crippen MR) is 114 cm³/mol. The van der Waals surface area contributed by atoms with E-state index in [0.717, 1.165) is 18.4 Å². The van der Waals surface area contributed by atoms with E-state index in [1.807, 2.05) is 34.6 Å². The van der Waals surface area contributed by atoms with Crippen LogP contribution in [0.4, 0.5) is 9.18 Å². The average molecular weight is 418 g/mol. The molecule has 30 heavy (non-hydrogen) atoms. The minimum absolute atomic E-state index is 0.0123. The highest BCUT2D eigenvalue weighted by molar-refractivity contribution is 5.93. The van der Waals surface area contributed by atoms with Gasteiger partial charge in [-0.15, -0.1) is 0 Å². The number of carbonyl (C=O) groups excluding carboxylic acids is 2. The lowest BCUT2D eigenvalue weighted by molar-refractivity contribution is 0.0151. The summed E-state index contributed by atoms with van der Waals surface area (Å²) in [5.74, 6) is 0.440. The number of benzene rings is 1. The van der Waals surface area contributed by atoms with Gasteiger partial charge >= 0.3 is 6.09 Å². The molecule has 0 saturated heterocycles. The van der Waals surface area contributed by atoms with Gasteiger partial charge in [0.25, 0.3) is 0 Å². The third kappa shape index (κ3) is 7.01. The highest BCUT2D eigenvalue weighted by atomic mass is 19.1. The van der Waals surface area contributed by atoms with E-state index in [2.05, 4.69) is 0 Å². The Morgan fingerprint density at radius 2 is 1.70 bits per heavy atom. The van der Waals surface area contributed by atoms with Crippen LogP contribution in [0.3, 0.4) is 0 Å². The summed E-state index contributed by atoms with van der Waals surface area (Å²) >= 11 is 0. The molecule has 0 spiro atoms. The lowest BCUT2D eigenvalue weighted by Gasteiger charge is -2.32. The first kappa shape index (κ1) is 23.6. The molecule has 2 rings (SSSR count). The molecule has 0 aliphatic heterocycles. The molecule has 0 aliphatic carbocycles. The zero-order valence-electron chi connectivity index (χ0n) is 18.5. The minimum Gasteiger partial charge on any atom is -0.458 e. The first-order chi connectivity index (χ1) is 14.1. The van der Waals surface area contributed by atoms with Crippen molar-refractivity contribution in [2.75, 3.05) is 6.54 Å². The van der Waals surface area contributed by atoms with Crippen molar-refractivity contribution in [3.63, 3.8) is 0 Å². The molecular formula is C24H32FNO4. The van der Waals surface area contributed by atoms with E-state index >= 15 is 0 Å². The summed E-state index contributed by atoms with van der Waals surface area (Å²) in [5.41, 5.74) is 0.302. The number of rotatable bonds is 9. The third-order valence-electron chi connectivity index (χ3n) is 4.82. The van der Waals surface area contributed by atoms with Crippen molar-refractivity contribution >= 4 is 11.9 Å². The van der Waals surface area contributed by atoms with Crippen molar-refractivity contribution in [1.29, 1.82) is 0 Å². The Kier molecular flexibility index (Phi) is 8.21. The number of nitrogens with zero attached hydrogens (tertiary/aromatic N) is 1. The monoisotopic (exact) mass is 417 g/mol. The van der Waals surface area contributed by atoms with Crippen LogP contribution in [-0.4, -0.2) is 35.0 Å². The van der Waals surface area contributed by atoms with Crippen molar-refractivity contribution < 1.29 is 23.1 Å². The summed E-state index contributed by atoms with van der Waals surface area (Å²) in [4.78, 5) is 26.9. The Hall–Kier alpha value is -2.63. The summed E-state index contributed by atoms with van der Waals surface area (Å²) in [6.07, 6.45) is 1.80. The van der Waals surface area contributed by atoms with Crippen molar-refractivity contribution in [3.05, 3.63) is 59.3 Å². The first-order valence-electron chi connectivity index (χ1n) is 10.5. The Labute approximate surface area is 178 Å². The number of carbonyl (C=O) groups is 2. The van der Waals surface area contributed by atoms with Gasteiger partial charge in [0.1, 0.15) is 17.2 Å². The number of ether oxygens (including phenoxy) is 1. The van der Waals surface area contributed by atoms with Gasteiger partial charge in [0.2, 0.25) is 0 Å².